The van der Waals surface area contributed by atoms with Gasteiger partial charge in [0.25, 0.3) is 10.2 Å². The monoisotopic (exact) mass is 339 g/mol. The second-order valence-corrected chi connectivity index (χ2v) is 7.55. The lowest BCUT2D eigenvalue weighted by atomic mass is 9.97. The molecule has 6 nitrogen and oxygen atoms in total. The molecule has 23 heavy (non-hydrogen) atoms. The number of benzene rings is 1. The number of hydrogen-bond acceptors (Lipinski definition) is 3. The molecule has 0 unspecified atom stereocenters. The van der Waals surface area contributed by atoms with Gasteiger partial charge in [-0.3, -0.25) is 4.79 Å². The number of hydrogen-bond donors (Lipinski definition) is 1. The van der Waals surface area contributed by atoms with Gasteiger partial charge in [-0.1, -0.05) is 32.0 Å². The van der Waals surface area contributed by atoms with Gasteiger partial charge in [0.05, 0.1) is 0 Å². The Kier molecular flexibility index (Phi) is 6.15. The number of piperidine rings is 1. The van der Waals surface area contributed by atoms with Crippen LogP contribution in [0.5, 0.6) is 0 Å². The second kappa shape index (κ2) is 7.90. The molecule has 1 aromatic carbocycles. The third-order valence-corrected chi connectivity index (χ3v) is 6.41. The molecule has 0 saturated carbocycles. The lowest BCUT2D eigenvalue weighted by molar-refractivity contribution is -0.120. The molecule has 1 N–H and O–H groups in total. The molecule has 1 aliphatic rings. The molecular weight excluding hydrogens is 314 g/mol. The van der Waals surface area contributed by atoms with E-state index in [1.807, 2.05) is 44.2 Å². The summed E-state index contributed by atoms with van der Waals surface area (Å²) in [5.41, 5.74) is 0.774. The highest BCUT2D eigenvalue weighted by Crippen LogP contribution is 2.22. The van der Waals surface area contributed by atoms with E-state index in [4.69, 9.17) is 0 Å². The first-order valence-corrected chi connectivity index (χ1v) is 9.49. The van der Waals surface area contributed by atoms with Crippen molar-refractivity contribution in [2.75, 3.05) is 31.5 Å². The molecule has 0 aliphatic carbocycles. The third kappa shape index (κ3) is 4.31. The summed E-state index contributed by atoms with van der Waals surface area (Å²) in [4.78, 5) is 12.3. The van der Waals surface area contributed by atoms with Crippen LogP contribution in [0.25, 0.3) is 0 Å². The number of anilines is 1. The number of para-hydroxylation sites is 1. The van der Waals surface area contributed by atoms with E-state index in [0.717, 1.165) is 5.69 Å². The molecular formula is C16H25N3O3S. The molecule has 1 amide bonds. The maximum absolute atomic E-state index is 12.5. The fraction of sp³-hybridized carbons (Fsp3) is 0.562. The molecule has 0 atom stereocenters. The topological polar surface area (TPSA) is 69.7 Å². The summed E-state index contributed by atoms with van der Waals surface area (Å²) >= 11 is 0. The molecule has 0 bridgehead atoms. The SMILES string of the molecule is CCN(CC)S(=O)(=O)N1CCC(C(=O)Nc2ccccc2)CC1. The van der Waals surface area contributed by atoms with Crippen LogP contribution in [-0.4, -0.2) is 49.1 Å². The van der Waals surface area contributed by atoms with Crippen LogP contribution in [0.15, 0.2) is 30.3 Å². The summed E-state index contributed by atoms with van der Waals surface area (Å²) in [7, 11) is -3.40. The van der Waals surface area contributed by atoms with Crippen molar-refractivity contribution in [2.45, 2.75) is 26.7 Å². The first kappa shape index (κ1) is 17.9. The van der Waals surface area contributed by atoms with E-state index in [2.05, 4.69) is 5.32 Å². The van der Waals surface area contributed by atoms with E-state index >= 15 is 0 Å². The van der Waals surface area contributed by atoms with Gasteiger partial charge >= 0.3 is 0 Å². The number of carbonyl (C=O) groups excluding carboxylic acids is 1. The van der Waals surface area contributed by atoms with Gasteiger partial charge in [0, 0.05) is 37.8 Å². The smallest absolute Gasteiger partial charge is 0.281 e. The van der Waals surface area contributed by atoms with Crippen LogP contribution in [-0.2, 0) is 15.0 Å². The molecule has 1 aliphatic heterocycles. The standard InChI is InChI=1S/C16H25N3O3S/c1-3-18(4-2)23(21,22)19-12-10-14(11-13-19)16(20)17-15-8-6-5-7-9-15/h5-9,14H,3-4,10-13H2,1-2H3,(H,17,20). The molecule has 1 heterocycles. The van der Waals surface area contributed by atoms with Gasteiger partial charge in [0.2, 0.25) is 5.91 Å². The summed E-state index contributed by atoms with van der Waals surface area (Å²) < 4.78 is 27.9. The predicted molar refractivity (Wildman–Crippen MR) is 91.2 cm³/mol. The van der Waals surface area contributed by atoms with Crippen molar-refractivity contribution in [1.29, 1.82) is 0 Å². The Balaban J connectivity index is 1.92. The lowest BCUT2D eigenvalue weighted by Crippen LogP contribution is -2.48. The zero-order valence-corrected chi connectivity index (χ0v) is 14.6. The Morgan fingerprint density at radius 3 is 2.26 bits per heavy atom. The van der Waals surface area contributed by atoms with E-state index in [-0.39, 0.29) is 11.8 Å². The number of rotatable bonds is 6. The maximum Gasteiger partial charge on any atom is 0.281 e. The Labute approximate surface area is 138 Å². The summed E-state index contributed by atoms with van der Waals surface area (Å²) in [6, 6.07) is 9.33. The molecule has 1 fully saturated rings. The van der Waals surface area contributed by atoms with Gasteiger partial charge in [-0.15, -0.1) is 0 Å². The minimum Gasteiger partial charge on any atom is -0.326 e. The van der Waals surface area contributed by atoms with Crippen LogP contribution in [0.1, 0.15) is 26.7 Å². The summed E-state index contributed by atoms with van der Waals surface area (Å²) in [5, 5.41) is 2.89. The van der Waals surface area contributed by atoms with E-state index in [9.17, 15) is 13.2 Å². The zero-order chi connectivity index (χ0) is 16.9. The van der Waals surface area contributed by atoms with Crippen LogP contribution in [0.2, 0.25) is 0 Å². The second-order valence-electron chi connectivity index (χ2n) is 5.62. The van der Waals surface area contributed by atoms with Gasteiger partial charge in [0.1, 0.15) is 0 Å². The highest BCUT2D eigenvalue weighted by Gasteiger charge is 2.33. The largest absolute Gasteiger partial charge is 0.326 e. The Morgan fingerprint density at radius 1 is 1.17 bits per heavy atom. The van der Waals surface area contributed by atoms with Crippen molar-refractivity contribution >= 4 is 21.8 Å². The van der Waals surface area contributed by atoms with E-state index in [1.165, 1.54) is 8.61 Å². The van der Waals surface area contributed by atoms with Gasteiger partial charge < -0.3 is 5.32 Å². The average Bonchev–Trinajstić information content (AvgIpc) is 2.56. The third-order valence-electron chi connectivity index (χ3n) is 4.22. The normalized spacial score (nSPS) is 17.3. The quantitative estimate of drug-likeness (QED) is 0.861. The minimum atomic E-state index is -3.40. The number of carbonyl (C=O) groups is 1. The molecule has 7 heteroatoms. The molecule has 1 saturated heterocycles. The van der Waals surface area contributed by atoms with Gasteiger partial charge in [-0.05, 0) is 25.0 Å². The molecule has 2 rings (SSSR count). The molecule has 0 aromatic heterocycles. The van der Waals surface area contributed by atoms with E-state index in [1.54, 1.807) is 0 Å². The van der Waals surface area contributed by atoms with Crippen molar-refractivity contribution in [3.05, 3.63) is 30.3 Å². The van der Waals surface area contributed by atoms with E-state index in [0.29, 0.717) is 39.0 Å². The number of amides is 1. The molecule has 1 aromatic rings. The fourth-order valence-electron chi connectivity index (χ4n) is 2.83. The van der Waals surface area contributed by atoms with Crippen molar-refractivity contribution in [2.24, 2.45) is 5.92 Å². The Bertz CT molecular complexity index is 607. The minimum absolute atomic E-state index is 0.0314. The number of nitrogens with zero attached hydrogens (tertiary/aromatic N) is 2. The van der Waals surface area contributed by atoms with Crippen LogP contribution in [0.3, 0.4) is 0 Å². The van der Waals surface area contributed by atoms with Crippen LogP contribution in [0, 0.1) is 5.92 Å². The van der Waals surface area contributed by atoms with Crippen LogP contribution >= 0.6 is 0 Å². The van der Waals surface area contributed by atoms with Gasteiger partial charge in [-0.2, -0.15) is 17.0 Å². The molecule has 0 spiro atoms. The highest BCUT2D eigenvalue weighted by atomic mass is 32.2. The van der Waals surface area contributed by atoms with Gasteiger partial charge in [0.15, 0.2) is 0 Å². The summed E-state index contributed by atoms with van der Waals surface area (Å²) in [5.74, 6) is -0.172. The number of nitrogens with one attached hydrogen (secondary N) is 1. The van der Waals surface area contributed by atoms with E-state index < -0.39 is 10.2 Å². The van der Waals surface area contributed by atoms with Crippen LogP contribution in [0.4, 0.5) is 5.69 Å². The van der Waals surface area contributed by atoms with Crippen molar-refractivity contribution < 1.29 is 13.2 Å². The summed E-state index contributed by atoms with van der Waals surface area (Å²) in [6.07, 6.45) is 1.11. The lowest BCUT2D eigenvalue weighted by Gasteiger charge is -2.33. The molecule has 128 valence electrons. The first-order chi connectivity index (χ1) is 11.0. The Hall–Kier alpha value is -1.44. The van der Waals surface area contributed by atoms with Crippen molar-refractivity contribution in [3.8, 4) is 0 Å². The average molecular weight is 339 g/mol. The van der Waals surface area contributed by atoms with Gasteiger partial charge in [-0.25, -0.2) is 0 Å². The molecule has 0 radical (unpaired) electrons. The first-order valence-electron chi connectivity index (χ1n) is 8.10. The van der Waals surface area contributed by atoms with Crippen molar-refractivity contribution in [3.63, 3.8) is 0 Å². The summed E-state index contributed by atoms with van der Waals surface area (Å²) in [6.45, 7) is 5.39. The maximum atomic E-state index is 12.5. The van der Waals surface area contributed by atoms with Crippen LogP contribution < -0.4 is 5.32 Å². The predicted octanol–water partition coefficient (Wildman–Crippen LogP) is 1.92. The fourth-order valence-corrected chi connectivity index (χ4v) is 4.48. The highest BCUT2D eigenvalue weighted by molar-refractivity contribution is 7.86. The zero-order valence-electron chi connectivity index (χ0n) is 13.7. The Morgan fingerprint density at radius 2 is 1.74 bits per heavy atom. The van der Waals surface area contributed by atoms with Crippen molar-refractivity contribution in [1.82, 2.24) is 8.61 Å².